The van der Waals surface area contributed by atoms with Crippen molar-refractivity contribution >= 4 is 28.8 Å². The minimum absolute atomic E-state index is 0.108. The van der Waals surface area contributed by atoms with E-state index in [0.717, 1.165) is 11.1 Å². The molecule has 0 fully saturated rings. The number of benzene rings is 1. The summed E-state index contributed by atoms with van der Waals surface area (Å²) in [4.78, 5) is 11.9. The van der Waals surface area contributed by atoms with Crippen LogP contribution < -0.4 is 10.1 Å². The smallest absolute Gasteiger partial charge is 0.255 e. The average Bonchev–Trinajstić information content (AvgIpc) is 2.90. The zero-order valence-electron chi connectivity index (χ0n) is 10.1. The number of hydrogen-bond donors (Lipinski definition) is 1. The molecule has 1 N–H and O–H groups in total. The quantitative estimate of drug-likeness (QED) is 0.864. The van der Waals surface area contributed by atoms with E-state index in [0.29, 0.717) is 24.5 Å². The van der Waals surface area contributed by atoms with Gasteiger partial charge in [0.05, 0.1) is 17.5 Å². The fourth-order valence-electron chi connectivity index (χ4n) is 2.04. The first kappa shape index (κ1) is 12.5. The maximum atomic E-state index is 11.9. The summed E-state index contributed by atoms with van der Waals surface area (Å²) in [5, 5.41) is 6.56. The Morgan fingerprint density at radius 1 is 1.32 bits per heavy atom. The van der Waals surface area contributed by atoms with E-state index in [4.69, 9.17) is 16.3 Å². The zero-order valence-corrected chi connectivity index (χ0v) is 11.6. The Hall–Kier alpha value is -1.52. The molecule has 3 rings (SSSR count). The van der Waals surface area contributed by atoms with Gasteiger partial charge >= 0.3 is 0 Å². The molecule has 2 aromatic rings. The molecule has 98 valence electrons. The number of fused-ring (bicyclic) bond motifs is 1. The SMILES string of the molecule is O=C1NCCOc2ccc(C(Cl)c3ccsc3)cc21. The Labute approximate surface area is 120 Å². The summed E-state index contributed by atoms with van der Waals surface area (Å²) in [5.41, 5.74) is 2.50. The molecule has 1 aliphatic rings. The van der Waals surface area contributed by atoms with Crippen molar-refractivity contribution in [3.05, 3.63) is 51.7 Å². The molecule has 0 saturated carbocycles. The van der Waals surface area contributed by atoms with Gasteiger partial charge in [-0.05, 0) is 40.1 Å². The summed E-state index contributed by atoms with van der Waals surface area (Å²) in [7, 11) is 0. The van der Waals surface area contributed by atoms with Crippen LogP contribution >= 0.6 is 22.9 Å². The van der Waals surface area contributed by atoms with Crippen LogP contribution in [0, 0.1) is 0 Å². The van der Waals surface area contributed by atoms with E-state index in [2.05, 4.69) is 5.32 Å². The van der Waals surface area contributed by atoms with E-state index in [1.54, 1.807) is 11.3 Å². The Morgan fingerprint density at radius 3 is 3.00 bits per heavy atom. The molecule has 1 amide bonds. The number of carbonyl (C=O) groups is 1. The summed E-state index contributed by atoms with van der Waals surface area (Å²) in [6, 6.07) is 7.53. The summed E-state index contributed by atoms with van der Waals surface area (Å²) in [5.74, 6) is 0.511. The highest BCUT2D eigenvalue weighted by molar-refractivity contribution is 7.08. The van der Waals surface area contributed by atoms with Crippen molar-refractivity contribution in [3.8, 4) is 5.75 Å². The first-order valence-corrected chi connectivity index (χ1v) is 7.35. The third-order valence-corrected chi connectivity index (χ3v) is 4.23. The highest BCUT2D eigenvalue weighted by atomic mass is 35.5. The minimum atomic E-state index is -0.243. The topological polar surface area (TPSA) is 38.3 Å². The van der Waals surface area contributed by atoms with Crippen LogP contribution in [-0.2, 0) is 0 Å². The first-order valence-electron chi connectivity index (χ1n) is 5.97. The highest BCUT2D eigenvalue weighted by Gasteiger charge is 2.19. The van der Waals surface area contributed by atoms with Crippen LogP contribution in [-0.4, -0.2) is 19.1 Å². The van der Waals surface area contributed by atoms with Crippen LogP contribution in [0.15, 0.2) is 35.0 Å². The van der Waals surface area contributed by atoms with Gasteiger partial charge in [-0.25, -0.2) is 0 Å². The molecule has 0 spiro atoms. The number of thiophene rings is 1. The molecule has 1 aromatic carbocycles. The summed E-state index contributed by atoms with van der Waals surface area (Å²) in [6.45, 7) is 1.02. The number of ether oxygens (including phenoxy) is 1. The number of nitrogens with one attached hydrogen (secondary N) is 1. The molecule has 3 nitrogen and oxygen atoms in total. The lowest BCUT2D eigenvalue weighted by molar-refractivity contribution is 0.0957. The van der Waals surface area contributed by atoms with Crippen LogP contribution in [0.1, 0.15) is 26.9 Å². The maximum absolute atomic E-state index is 11.9. The minimum Gasteiger partial charge on any atom is -0.491 e. The van der Waals surface area contributed by atoms with E-state index in [-0.39, 0.29) is 11.3 Å². The number of alkyl halides is 1. The molecule has 2 heterocycles. The van der Waals surface area contributed by atoms with Crippen molar-refractivity contribution < 1.29 is 9.53 Å². The summed E-state index contributed by atoms with van der Waals surface area (Å²) >= 11 is 8.04. The maximum Gasteiger partial charge on any atom is 0.255 e. The molecular weight excluding hydrogens is 282 g/mol. The second-order valence-corrected chi connectivity index (χ2v) is 5.50. The summed E-state index contributed by atoms with van der Waals surface area (Å²) in [6.07, 6.45) is 0. The van der Waals surface area contributed by atoms with Gasteiger partial charge in [-0.1, -0.05) is 6.07 Å². The van der Waals surface area contributed by atoms with Gasteiger partial charge in [0.15, 0.2) is 0 Å². The Morgan fingerprint density at radius 2 is 2.21 bits per heavy atom. The van der Waals surface area contributed by atoms with Gasteiger partial charge in [0.25, 0.3) is 5.91 Å². The lowest BCUT2D eigenvalue weighted by atomic mass is 10.0. The molecule has 19 heavy (non-hydrogen) atoms. The van der Waals surface area contributed by atoms with Gasteiger partial charge < -0.3 is 10.1 Å². The van der Waals surface area contributed by atoms with Crippen LogP contribution in [0.25, 0.3) is 0 Å². The lowest BCUT2D eigenvalue weighted by Crippen LogP contribution is -2.24. The van der Waals surface area contributed by atoms with Gasteiger partial charge in [-0.2, -0.15) is 11.3 Å². The average molecular weight is 294 g/mol. The predicted octanol–water partition coefficient (Wildman–Crippen LogP) is 3.20. The number of halogens is 1. The molecule has 0 bridgehead atoms. The van der Waals surface area contributed by atoms with Crippen LogP contribution in [0.4, 0.5) is 0 Å². The molecule has 0 saturated heterocycles. The van der Waals surface area contributed by atoms with Gasteiger partial charge in [0.1, 0.15) is 12.4 Å². The van der Waals surface area contributed by atoms with Crippen LogP contribution in [0.5, 0.6) is 5.75 Å². The number of carbonyl (C=O) groups excluding carboxylic acids is 1. The van der Waals surface area contributed by atoms with Crippen molar-refractivity contribution in [3.63, 3.8) is 0 Å². The summed E-state index contributed by atoms with van der Waals surface area (Å²) < 4.78 is 5.52. The van der Waals surface area contributed by atoms with Gasteiger partial charge in [0, 0.05) is 0 Å². The van der Waals surface area contributed by atoms with Gasteiger partial charge in [0.2, 0.25) is 0 Å². The Bertz CT molecular complexity index is 597. The van der Waals surface area contributed by atoms with Crippen molar-refractivity contribution in [1.29, 1.82) is 0 Å². The van der Waals surface area contributed by atoms with Crippen molar-refractivity contribution in [1.82, 2.24) is 5.32 Å². The normalized spacial score (nSPS) is 15.9. The van der Waals surface area contributed by atoms with E-state index < -0.39 is 0 Å². The third-order valence-electron chi connectivity index (χ3n) is 3.02. The van der Waals surface area contributed by atoms with Crippen molar-refractivity contribution in [2.24, 2.45) is 0 Å². The Balaban J connectivity index is 1.98. The van der Waals surface area contributed by atoms with Crippen molar-refractivity contribution in [2.75, 3.05) is 13.2 Å². The third kappa shape index (κ3) is 2.46. The second-order valence-electron chi connectivity index (χ2n) is 4.28. The van der Waals surface area contributed by atoms with Crippen molar-refractivity contribution in [2.45, 2.75) is 5.38 Å². The molecule has 0 aliphatic carbocycles. The van der Waals surface area contributed by atoms with E-state index in [9.17, 15) is 4.79 Å². The fraction of sp³-hybridized carbons (Fsp3) is 0.214. The predicted molar refractivity (Wildman–Crippen MR) is 76.3 cm³/mol. The van der Waals surface area contributed by atoms with Gasteiger partial charge in [-0.15, -0.1) is 11.6 Å². The van der Waals surface area contributed by atoms with E-state index >= 15 is 0 Å². The Kier molecular flexibility index (Phi) is 3.44. The molecule has 1 aromatic heterocycles. The van der Waals surface area contributed by atoms with E-state index in [1.807, 2.05) is 35.0 Å². The molecular formula is C14H12ClNO2S. The second kappa shape index (κ2) is 5.23. The molecule has 1 atom stereocenters. The fourth-order valence-corrected chi connectivity index (χ4v) is 3.07. The van der Waals surface area contributed by atoms with Crippen LogP contribution in [0.2, 0.25) is 0 Å². The number of rotatable bonds is 2. The standard InChI is InChI=1S/C14H12ClNO2S/c15-13(10-3-6-19-8-10)9-1-2-12-11(7-9)14(17)16-4-5-18-12/h1-3,6-8,13H,4-5H2,(H,16,17). The molecule has 1 unspecified atom stereocenters. The van der Waals surface area contributed by atoms with Gasteiger partial charge in [-0.3, -0.25) is 4.79 Å². The zero-order chi connectivity index (χ0) is 13.2. The molecule has 1 aliphatic heterocycles. The monoisotopic (exact) mass is 293 g/mol. The largest absolute Gasteiger partial charge is 0.491 e. The first-order chi connectivity index (χ1) is 9.25. The number of amides is 1. The number of hydrogen-bond acceptors (Lipinski definition) is 3. The van der Waals surface area contributed by atoms with E-state index in [1.165, 1.54) is 0 Å². The molecule has 0 radical (unpaired) electrons. The highest BCUT2D eigenvalue weighted by Crippen LogP contribution is 2.33. The van der Waals surface area contributed by atoms with Crippen LogP contribution in [0.3, 0.4) is 0 Å². The lowest BCUT2D eigenvalue weighted by Gasteiger charge is -2.11. The molecule has 5 heteroatoms.